The molecule has 1 aliphatic carbocycles. The first kappa shape index (κ1) is 13.4. The number of nitrogens with zero attached hydrogens (tertiary/aromatic N) is 1. The van der Waals surface area contributed by atoms with Gasteiger partial charge in [0.05, 0.1) is 11.1 Å². The first-order valence-electron chi connectivity index (χ1n) is 6.85. The van der Waals surface area contributed by atoms with E-state index in [0.717, 1.165) is 24.1 Å². The van der Waals surface area contributed by atoms with Gasteiger partial charge in [0.15, 0.2) is 0 Å². The second kappa shape index (κ2) is 4.74. The van der Waals surface area contributed by atoms with Gasteiger partial charge in [0.25, 0.3) is 0 Å². The van der Waals surface area contributed by atoms with Crippen LogP contribution in [0, 0.1) is 0 Å². The number of pyridine rings is 1. The molecule has 1 aliphatic rings. The van der Waals surface area contributed by atoms with Gasteiger partial charge in [0, 0.05) is 16.1 Å². The van der Waals surface area contributed by atoms with E-state index >= 15 is 0 Å². The zero-order valence-electron chi connectivity index (χ0n) is 11.5. The Morgan fingerprint density at radius 2 is 2.00 bits per heavy atom. The third-order valence-corrected chi connectivity index (χ3v) is 4.46. The molecule has 2 unspecified atom stereocenters. The molecule has 1 heterocycles. The predicted octanol–water partition coefficient (Wildman–Crippen LogP) is 4.59. The van der Waals surface area contributed by atoms with Gasteiger partial charge in [-0.05, 0) is 48.4 Å². The zero-order valence-corrected chi connectivity index (χ0v) is 12.2. The maximum Gasteiger partial charge on any atom is 0.336 e. The third kappa shape index (κ3) is 1.97. The van der Waals surface area contributed by atoms with E-state index in [-0.39, 0.29) is 5.92 Å². The molecule has 0 aliphatic heterocycles. The molecule has 2 atom stereocenters. The number of hydrogen-bond acceptors (Lipinski definition) is 2. The number of rotatable bonds is 1. The van der Waals surface area contributed by atoms with E-state index in [0.29, 0.717) is 27.4 Å². The molecule has 1 N–H and O–H groups in total. The van der Waals surface area contributed by atoms with Crippen molar-refractivity contribution in [2.24, 2.45) is 0 Å². The van der Waals surface area contributed by atoms with Crippen LogP contribution in [0.15, 0.2) is 18.2 Å². The van der Waals surface area contributed by atoms with Crippen molar-refractivity contribution in [3.05, 3.63) is 40.0 Å². The summed E-state index contributed by atoms with van der Waals surface area (Å²) in [6.07, 6.45) is 2.06. The summed E-state index contributed by atoms with van der Waals surface area (Å²) in [5.74, 6) is -0.362. The van der Waals surface area contributed by atoms with Crippen molar-refractivity contribution in [3.63, 3.8) is 0 Å². The number of aromatic nitrogens is 1. The fraction of sp³-hybridized carbons (Fsp3) is 0.375. The lowest BCUT2D eigenvalue weighted by molar-refractivity contribution is 0.0696. The molecule has 1 aromatic carbocycles. The summed E-state index contributed by atoms with van der Waals surface area (Å²) in [7, 11) is 0. The summed E-state index contributed by atoms with van der Waals surface area (Å²) in [5.41, 5.74) is 2.93. The Balaban J connectivity index is 2.45. The second-order valence-corrected chi connectivity index (χ2v) is 6.07. The number of benzene rings is 1. The zero-order chi connectivity index (χ0) is 14.4. The monoisotopic (exact) mass is 289 g/mol. The van der Waals surface area contributed by atoms with Crippen LogP contribution in [-0.4, -0.2) is 16.1 Å². The Hall–Kier alpha value is -1.61. The summed E-state index contributed by atoms with van der Waals surface area (Å²) in [5, 5.41) is 10.8. The summed E-state index contributed by atoms with van der Waals surface area (Å²) < 4.78 is 0. The molecule has 20 heavy (non-hydrogen) atoms. The smallest absolute Gasteiger partial charge is 0.336 e. The van der Waals surface area contributed by atoms with E-state index < -0.39 is 5.97 Å². The minimum atomic E-state index is -0.892. The summed E-state index contributed by atoms with van der Waals surface area (Å²) >= 11 is 6.02. The van der Waals surface area contributed by atoms with Gasteiger partial charge in [0.1, 0.15) is 0 Å². The van der Waals surface area contributed by atoms with Crippen molar-refractivity contribution in [2.45, 2.75) is 38.5 Å². The standard InChI is InChI=1S/C16H16ClNO2/c1-8-3-4-9(2)15-13(8)14(16(19)20)11-7-10(17)5-6-12(11)18-15/h5-9H,3-4H2,1-2H3,(H,19,20). The lowest BCUT2D eigenvalue weighted by Crippen LogP contribution is -2.18. The normalized spacial score (nSPS) is 21.8. The maximum absolute atomic E-state index is 11.8. The number of carbonyl (C=O) groups is 1. The van der Waals surface area contributed by atoms with Gasteiger partial charge in [-0.2, -0.15) is 0 Å². The van der Waals surface area contributed by atoms with E-state index in [2.05, 4.69) is 13.8 Å². The molecule has 4 heteroatoms. The largest absolute Gasteiger partial charge is 0.478 e. The van der Waals surface area contributed by atoms with Crippen LogP contribution in [0.4, 0.5) is 0 Å². The minimum Gasteiger partial charge on any atom is -0.478 e. The number of hydrogen-bond donors (Lipinski definition) is 1. The molecule has 0 saturated carbocycles. The van der Waals surface area contributed by atoms with E-state index in [4.69, 9.17) is 16.6 Å². The van der Waals surface area contributed by atoms with Crippen LogP contribution >= 0.6 is 11.6 Å². The van der Waals surface area contributed by atoms with Crippen molar-refractivity contribution in [3.8, 4) is 0 Å². The van der Waals surface area contributed by atoms with Crippen LogP contribution < -0.4 is 0 Å². The van der Waals surface area contributed by atoms with E-state index in [1.807, 2.05) is 0 Å². The number of aromatic carboxylic acids is 1. The molecular weight excluding hydrogens is 274 g/mol. The topological polar surface area (TPSA) is 50.2 Å². The van der Waals surface area contributed by atoms with Gasteiger partial charge in [-0.25, -0.2) is 4.79 Å². The van der Waals surface area contributed by atoms with Crippen LogP contribution in [-0.2, 0) is 0 Å². The van der Waals surface area contributed by atoms with Crippen LogP contribution in [0.25, 0.3) is 10.9 Å². The second-order valence-electron chi connectivity index (χ2n) is 5.63. The van der Waals surface area contributed by atoms with Crippen molar-refractivity contribution in [1.29, 1.82) is 0 Å². The molecule has 104 valence electrons. The number of carboxylic acid groups (broad SMARTS) is 1. The quantitative estimate of drug-likeness (QED) is 0.835. The van der Waals surface area contributed by atoms with Crippen LogP contribution in [0.1, 0.15) is 60.1 Å². The van der Waals surface area contributed by atoms with Gasteiger partial charge in [0.2, 0.25) is 0 Å². The van der Waals surface area contributed by atoms with Gasteiger partial charge in [-0.1, -0.05) is 25.4 Å². The van der Waals surface area contributed by atoms with Crippen LogP contribution in [0.5, 0.6) is 0 Å². The SMILES string of the molecule is CC1CCC(C)c2c1nc1ccc(Cl)cc1c2C(=O)O. The Morgan fingerprint density at radius 1 is 1.30 bits per heavy atom. The molecule has 0 fully saturated rings. The van der Waals surface area contributed by atoms with Crippen molar-refractivity contribution in [2.75, 3.05) is 0 Å². The number of fused-ring (bicyclic) bond motifs is 2. The van der Waals surface area contributed by atoms with Gasteiger partial charge < -0.3 is 5.11 Å². The van der Waals surface area contributed by atoms with Crippen LogP contribution in [0.2, 0.25) is 5.02 Å². The molecule has 0 spiro atoms. The fourth-order valence-electron chi connectivity index (χ4n) is 3.16. The summed E-state index contributed by atoms with van der Waals surface area (Å²) in [4.78, 5) is 16.5. The van der Waals surface area contributed by atoms with Gasteiger partial charge in [-0.3, -0.25) is 4.98 Å². The average molecular weight is 290 g/mol. The van der Waals surface area contributed by atoms with Gasteiger partial charge in [-0.15, -0.1) is 0 Å². The predicted molar refractivity (Wildman–Crippen MR) is 79.8 cm³/mol. The molecule has 0 radical (unpaired) electrons. The molecule has 0 bridgehead atoms. The van der Waals surface area contributed by atoms with E-state index in [1.54, 1.807) is 18.2 Å². The number of carboxylic acids is 1. The van der Waals surface area contributed by atoms with Crippen molar-refractivity contribution in [1.82, 2.24) is 4.98 Å². The summed E-state index contributed by atoms with van der Waals surface area (Å²) in [6.45, 7) is 4.19. The van der Waals surface area contributed by atoms with Gasteiger partial charge >= 0.3 is 5.97 Å². The highest BCUT2D eigenvalue weighted by Crippen LogP contribution is 2.41. The highest BCUT2D eigenvalue weighted by molar-refractivity contribution is 6.31. The average Bonchev–Trinajstić information content (AvgIpc) is 2.40. The Kier molecular flexibility index (Phi) is 3.17. The third-order valence-electron chi connectivity index (χ3n) is 4.22. The highest BCUT2D eigenvalue weighted by atomic mass is 35.5. The van der Waals surface area contributed by atoms with Crippen molar-refractivity contribution >= 4 is 28.5 Å². The minimum absolute atomic E-state index is 0.225. The van der Waals surface area contributed by atoms with Crippen molar-refractivity contribution < 1.29 is 9.90 Å². The van der Waals surface area contributed by atoms with Crippen LogP contribution in [0.3, 0.4) is 0 Å². The van der Waals surface area contributed by atoms with E-state index in [9.17, 15) is 9.90 Å². The molecule has 2 aromatic rings. The molecule has 3 rings (SSSR count). The lowest BCUT2D eigenvalue weighted by atomic mass is 9.78. The Bertz CT molecular complexity index is 711. The van der Waals surface area contributed by atoms with E-state index in [1.165, 1.54) is 0 Å². The summed E-state index contributed by atoms with van der Waals surface area (Å²) in [6, 6.07) is 5.27. The molecule has 0 saturated heterocycles. The highest BCUT2D eigenvalue weighted by Gasteiger charge is 2.30. The number of halogens is 1. The molecule has 3 nitrogen and oxygen atoms in total. The Labute approximate surface area is 122 Å². The Morgan fingerprint density at radius 3 is 2.70 bits per heavy atom. The fourth-order valence-corrected chi connectivity index (χ4v) is 3.33. The molecular formula is C16H16ClNO2. The lowest BCUT2D eigenvalue weighted by Gasteiger charge is -2.28. The molecule has 1 aromatic heterocycles. The first-order chi connectivity index (χ1) is 9.49. The maximum atomic E-state index is 11.8. The molecule has 0 amide bonds. The first-order valence-corrected chi connectivity index (χ1v) is 7.23.